The molecule has 3 aliphatic rings. The number of benzene rings is 1. The van der Waals surface area contributed by atoms with Crippen LogP contribution in [0.2, 0.25) is 5.02 Å². The standard InChI is InChI=1S/C26H34ClN3O6S/c1-3-24(32)29-11-9-25(10-12-29)8-4-5-20-22(31)15-30(16-26(20,36-25)17-35-2)37(33,34)23-14-18-13-19(27)6-7-21(18)28-23/h6-7,13-14,20,28H,3-5,8-12,15-17H2,1-2H3. The average molecular weight is 552 g/mol. The molecule has 5 rings (SSSR count). The van der Waals surface area contributed by atoms with Gasteiger partial charge in [-0.3, -0.25) is 9.59 Å². The Morgan fingerprint density at radius 1 is 1.24 bits per heavy atom. The zero-order chi connectivity index (χ0) is 26.4. The first-order valence-electron chi connectivity index (χ1n) is 12.9. The zero-order valence-corrected chi connectivity index (χ0v) is 22.9. The fourth-order valence-electron chi connectivity index (χ4n) is 6.36. The Kier molecular flexibility index (Phi) is 7.17. The molecule has 1 amide bonds. The van der Waals surface area contributed by atoms with Crippen molar-refractivity contribution in [2.75, 3.05) is 39.9 Å². The molecule has 0 radical (unpaired) electrons. The Balaban J connectivity index is 1.46. The molecule has 3 fully saturated rings. The minimum Gasteiger partial charge on any atom is -0.382 e. The van der Waals surface area contributed by atoms with Gasteiger partial charge in [0.1, 0.15) is 10.6 Å². The second-order valence-corrected chi connectivity index (χ2v) is 12.9. The summed E-state index contributed by atoms with van der Waals surface area (Å²) < 4.78 is 41.3. The van der Waals surface area contributed by atoms with Gasteiger partial charge >= 0.3 is 0 Å². The van der Waals surface area contributed by atoms with E-state index in [1.54, 1.807) is 31.4 Å². The normalized spacial score (nSPS) is 26.8. The molecule has 2 unspecified atom stereocenters. The second-order valence-electron chi connectivity index (χ2n) is 10.6. The summed E-state index contributed by atoms with van der Waals surface area (Å²) in [5, 5.41) is 1.20. The highest BCUT2D eigenvalue weighted by Crippen LogP contribution is 2.46. The van der Waals surface area contributed by atoms with Crippen LogP contribution < -0.4 is 0 Å². The van der Waals surface area contributed by atoms with Crippen LogP contribution in [0.25, 0.3) is 10.9 Å². The molecular formula is C26H34ClN3O6S. The molecule has 0 saturated carbocycles. The number of hydrogen-bond acceptors (Lipinski definition) is 6. The van der Waals surface area contributed by atoms with Crippen molar-refractivity contribution in [1.29, 1.82) is 0 Å². The molecular weight excluding hydrogens is 518 g/mol. The van der Waals surface area contributed by atoms with Crippen LogP contribution >= 0.6 is 11.6 Å². The van der Waals surface area contributed by atoms with Gasteiger partial charge in [-0.15, -0.1) is 0 Å². The monoisotopic (exact) mass is 551 g/mol. The predicted octanol–water partition coefficient (Wildman–Crippen LogP) is 3.37. The number of Topliss-reactive ketones (excluding diaryl/α,β-unsaturated/α-hetero) is 1. The number of carbonyl (C=O) groups is 2. The first-order valence-corrected chi connectivity index (χ1v) is 14.7. The van der Waals surface area contributed by atoms with Crippen LogP contribution in [0.1, 0.15) is 45.4 Å². The van der Waals surface area contributed by atoms with E-state index in [1.807, 2.05) is 11.8 Å². The molecule has 202 valence electrons. The number of halogens is 1. The summed E-state index contributed by atoms with van der Waals surface area (Å²) in [6.07, 6.45) is 3.97. The van der Waals surface area contributed by atoms with Gasteiger partial charge in [-0.1, -0.05) is 18.5 Å². The van der Waals surface area contributed by atoms with E-state index in [1.165, 1.54) is 4.31 Å². The van der Waals surface area contributed by atoms with Crippen LogP contribution in [0.3, 0.4) is 0 Å². The zero-order valence-electron chi connectivity index (χ0n) is 21.3. The number of rotatable bonds is 5. The van der Waals surface area contributed by atoms with Crippen LogP contribution in [0.5, 0.6) is 0 Å². The maximum absolute atomic E-state index is 13.8. The SMILES string of the molecule is CCC(=O)N1CCC2(CCCC3C(=O)CN(S(=O)(=O)c4cc5cc(Cl)ccc5[nH]4)CC3(COC)O2)CC1. The number of nitrogens with zero attached hydrogens (tertiary/aromatic N) is 2. The number of ether oxygens (including phenoxy) is 2. The molecule has 11 heteroatoms. The van der Waals surface area contributed by atoms with Crippen LogP contribution in [-0.2, 0) is 29.1 Å². The van der Waals surface area contributed by atoms with Gasteiger partial charge in [-0.2, -0.15) is 4.31 Å². The van der Waals surface area contributed by atoms with Gasteiger partial charge in [-0.05, 0) is 56.4 Å². The first kappa shape index (κ1) is 26.6. The molecule has 0 aliphatic carbocycles. The number of piperidine rings is 2. The number of likely N-dealkylation sites (tertiary alicyclic amines) is 1. The fourth-order valence-corrected chi connectivity index (χ4v) is 8.02. The van der Waals surface area contributed by atoms with Crippen LogP contribution in [0.15, 0.2) is 29.3 Å². The molecule has 37 heavy (non-hydrogen) atoms. The van der Waals surface area contributed by atoms with Crippen LogP contribution in [0, 0.1) is 5.92 Å². The van der Waals surface area contributed by atoms with E-state index < -0.39 is 27.1 Å². The minimum absolute atomic E-state index is 0.0123. The highest BCUT2D eigenvalue weighted by Gasteiger charge is 2.57. The number of nitrogens with one attached hydrogen (secondary N) is 1. The molecule has 2 atom stereocenters. The van der Waals surface area contributed by atoms with Crippen molar-refractivity contribution in [3.8, 4) is 0 Å². The first-order chi connectivity index (χ1) is 17.6. The number of sulfonamides is 1. The van der Waals surface area contributed by atoms with E-state index in [-0.39, 0.29) is 36.4 Å². The summed E-state index contributed by atoms with van der Waals surface area (Å²) in [6, 6.07) is 6.67. The lowest BCUT2D eigenvalue weighted by Gasteiger charge is -2.51. The van der Waals surface area contributed by atoms with Gasteiger partial charge in [0.05, 0.1) is 24.7 Å². The largest absolute Gasteiger partial charge is 0.382 e. The number of fused-ring (bicyclic) bond motifs is 2. The van der Waals surface area contributed by atoms with Gasteiger partial charge < -0.3 is 19.4 Å². The van der Waals surface area contributed by atoms with Crippen molar-refractivity contribution in [2.45, 2.75) is 61.7 Å². The van der Waals surface area contributed by atoms with Crippen molar-refractivity contribution < 1.29 is 27.5 Å². The summed E-state index contributed by atoms with van der Waals surface area (Å²) in [5.74, 6) is -0.477. The Morgan fingerprint density at radius 2 is 2.00 bits per heavy atom. The third-order valence-corrected chi connectivity index (χ3v) is 10.2. The number of H-pyrrole nitrogens is 1. The molecule has 1 aromatic heterocycles. The summed E-state index contributed by atoms with van der Waals surface area (Å²) in [4.78, 5) is 30.6. The summed E-state index contributed by atoms with van der Waals surface area (Å²) in [6.45, 7) is 2.97. The number of carbonyl (C=O) groups excluding carboxylic acids is 2. The molecule has 3 saturated heterocycles. The lowest BCUT2D eigenvalue weighted by molar-refractivity contribution is -0.218. The Labute approximate surface area is 222 Å². The summed E-state index contributed by atoms with van der Waals surface area (Å²) in [7, 11) is -2.48. The van der Waals surface area contributed by atoms with Gasteiger partial charge in [0.2, 0.25) is 5.91 Å². The highest BCUT2D eigenvalue weighted by molar-refractivity contribution is 7.89. The van der Waals surface area contributed by atoms with Crippen LogP contribution in [-0.4, -0.2) is 85.4 Å². The Bertz CT molecular complexity index is 1300. The number of ketones is 1. The van der Waals surface area contributed by atoms with Crippen molar-refractivity contribution in [1.82, 2.24) is 14.2 Å². The lowest BCUT2D eigenvalue weighted by Crippen LogP contribution is -2.65. The number of hydrogen-bond donors (Lipinski definition) is 1. The number of aromatic nitrogens is 1. The molecule has 3 aliphatic heterocycles. The molecule has 1 aromatic carbocycles. The van der Waals surface area contributed by atoms with Gasteiger partial charge in [0.25, 0.3) is 10.0 Å². The van der Waals surface area contributed by atoms with Crippen molar-refractivity contribution in [3.05, 3.63) is 29.3 Å². The third kappa shape index (κ3) is 4.83. The highest BCUT2D eigenvalue weighted by atomic mass is 35.5. The molecule has 4 heterocycles. The maximum atomic E-state index is 13.8. The van der Waals surface area contributed by atoms with Gasteiger partial charge in [0.15, 0.2) is 5.78 Å². The quantitative estimate of drug-likeness (QED) is 0.610. The Morgan fingerprint density at radius 3 is 2.70 bits per heavy atom. The van der Waals surface area contributed by atoms with Gasteiger partial charge in [-0.25, -0.2) is 8.42 Å². The summed E-state index contributed by atoms with van der Waals surface area (Å²) in [5.41, 5.74) is -0.975. The third-order valence-electron chi connectivity index (χ3n) is 8.24. The van der Waals surface area contributed by atoms with Crippen LogP contribution in [0.4, 0.5) is 0 Å². The van der Waals surface area contributed by atoms with E-state index in [9.17, 15) is 18.0 Å². The minimum atomic E-state index is -4.03. The van der Waals surface area contributed by atoms with Crippen molar-refractivity contribution in [2.24, 2.45) is 5.92 Å². The summed E-state index contributed by atoms with van der Waals surface area (Å²) >= 11 is 6.09. The Hall–Kier alpha value is -1.98. The van der Waals surface area contributed by atoms with Crippen molar-refractivity contribution in [3.63, 3.8) is 0 Å². The van der Waals surface area contributed by atoms with E-state index in [0.29, 0.717) is 54.7 Å². The molecule has 9 nitrogen and oxygen atoms in total. The molecule has 2 aromatic rings. The van der Waals surface area contributed by atoms with E-state index in [0.717, 1.165) is 12.8 Å². The molecule has 0 bridgehead atoms. The second kappa shape index (κ2) is 9.96. The number of methoxy groups -OCH3 is 1. The molecule has 1 spiro atoms. The average Bonchev–Trinajstić information content (AvgIpc) is 3.23. The van der Waals surface area contributed by atoms with E-state index >= 15 is 0 Å². The van der Waals surface area contributed by atoms with Gasteiger partial charge in [0, 0.05) is 49.1 Å². The maximum Gasteiger partial charge on any atom is 0.259 e. The van der Waals surface area contributed by atoms with E-state index in [4.69, 9.17) is 21.1 Å². The smallest absolute Gasteiger partial charge is 0.259 e. The topological polar surface area (TPSA) is 109 Å². The fraction of sp³-hybridized carbons (Fsp3) is 0.615. The molecule has 1 N–H and O–H groups in total. The number of aromatic amines is 1. The number of amides is 1. The van der Waals surface area contributed by atoms with E-state index in [2.05, 4.69) is 4.98 Å². The predicted molar refractivity (Wildman–Crippen MR) is 139 cm³/mol. The lowest BCUT2D eigenvalue weighted by atomic mass is 9.79. The van der Waals surface area contributed by atoms with Crippen molar-refractivity contribution >= 4 is 44.2 Å².